The number of carbonyl (C=O) groups is 1. The summed E-state index contributed by atoms with van der Waals surface area (Å²) in [7, 11) is 1.60. The third-order valence-corrected chi connectivity index (χ3v) is 3.29. The van der Waals surface area contributed by atoms with E-state index >= 15 is 0 Å². The highest BCUT2D eigenvalue weighted by atomic mass is 16.5. The molecule has 2 N–H and O–H groups in total. The number of aryl methyl sites for hydroxylation is 1. The van der Waals surface area contributed by atoms with Gasteiger partial charge in [-0.15, -0.1) is 0 Å². The molecule has 1 aromatic rings. The van der Waals surface area contributed by atoms with Crippen molar-refractivity contribution >= 4 is 5.78 Å². The minimum absolute atomic E-state index is 0.0613. The summed E-state index contributed by atoms with van der Waals surface area (Å²) in [4.78, 5) is 12.2. The maximum absolute atomic E-state index is 12.2. The fraction of sp³-hybridized carbons (Fsp3) is 0.533. The Hall–Kier alpha value is -1.35. The van der Waals surface area contributed by atoms with Crippen LogP contribution in [0.2, 0.25) is 0 Å². The number of Topliss-reactive ketones (excluding diaryl/α,β-unsaturated/α-hetero) is 1. The van der Waals surface area contributed by atoms with Crippen LogP contribution in [0.5, 0.6) is 5.75 Å². The number of ether oxygens (including phenoxy) is 1. The van der Waals surface area contributed by atoms with E-state index in [1.807, 2.05) is 26.0 Å². The van der Waals surface area contributed by atoms with Gasteiger partial charge in [-0.05, 0) is 37.5 Å². The van der Waals surface area contributed by atoms with Crippen LogP contribution in [0.15, 0.2) is 12.1 Å². The smallest absolute Gasteiger partial charge is 0.168 e. The molecule has 0 aromatic heterocycles. The first-order chi connectivity index (χ1) is 8.51. The van der Waals surface area contributed by atoms with Crippen molar-refractivity contribution in [1.82, 2.24) is 0 Å². The van der Waals surface area contributed by atoms with Gasteiger partial charge in [0, 0.05) is 12.5 Å². The molecule has 0 radical (unpaired) electrons. The molecule has 0 fully saturated rings. The molecule has 0 heterocycles. The van der Waals surface area contributed by atoms with Crippen molar-refractivity contribution < 1.29 is 9.53 Å². The van der Waals surface area contributed by atoms with Crippen LogP contribution in [-0.4, -0.2) is 18.9 Å². The van der Waals surface area contributed by atoms with Gasteiger partial charge in [0.2, 0.25) is 0 Å². The van der Waals surface area contributed by atoms with E-state index in [0.717, 1.165) is 24.0 Å². The normalized spacial score (nSPS) is 12.3. The molecule has 1 aromatic carbocycles. The lowest BCUT2D eigenvalue weighted by Gasteiger charge is -2.14. The molecule has 0 aliphatic carbocycles. The second-order valence-corrected chi connectivity index (χ2v) is 4.76. The van der Waals surface area contributed by atoms with Gasteiger partial charge in [-0.3, -0.25) is 4.79 Å². The molecule has 1 atom stereocenters. The van der Waals surface area contributed by atoms with Crippen molar-refractivity contribution in [2.45, 2.75) is 46.1 Å². The molecule has 0 aliphatic rings. The Morgan fingerprint density at radius 2 is 2.06 bits per heavy atom. The average Bonchev–Trinajstić information content (AvgIpc) is 2.32. The molecule has 0 amide bonds. The molecular weight excluding hydrogens is 226 g/mol. The Balaban J connectivity index is 2.95. The van der Waals surface area contributed by atoms with E-state index in [4.69, 9.17) is 10.5 Å². The first-order valence-electron chi connectivity index (χ1n) is 6.44. The highest BCUT2D eigenvalue weighted by molar-refractivity contribution is 5.99. The monoisotopic (exact) mass is 249 g/mol. The van der Waals surface area contributed by atoms with Crippen LogP contribution < -0.4 is 10.5 Å². The first-order valence-corrected chi connectivity index (χ1v) is 6.44. The van der Waals surface area contributed by atoms with Crippen LogP contribution in [-0.2, 0) is 0 Å². The van der Waals surface area contributed by atoms with Gasteiger partial charge in [0.1, 0.15) is 5.75 Å². The van der Waals surface area contributed by atoms with Gasteiger partial charge in [0.05, 0.1) is 12.7 Å². The lowest BCUT2D eigenvalue weighted by Crippen LogP contribution is -2.23. The fourth-order valence-corrected chi connectivity index (χ4v) is 2.09. The highest BCUT2D eigenvalue weighted by Crippen LogP contribution is 2.27. The summed E-state index contributed by atoms with van der Waals surface area (Å²) in [5.41, 5.74) is 8.71. The molecule has 1 unspecified atom stereocenters. The molecular formula is C15H23NO2. The van der Waals surface area contributed by atoms with Gasteiger partial charge in [-0.25, -0.2) is 0 Å². The summed E-state index contributed by atoms with van der Waals surface area (Å²) in [6, 6.07) is 3.73. The summed E-state index contributed by atoms with van der Waals surface area (Å²) in [6.45, 7) is 6.05. The summed E-state index contributed by atoms with van der Waals surface area (Å²) in [5, 5.41) is 0. The third kappa shape index (κ3) is 3.33. The lowest BCUT2D eigenvalue weighted by atomic mass is 9.97. The second kappa shape index (κ2) is 6.55. The van der Waals surface area contributed by atoms with E-state index in [-0.39, 0.29) is 11.8 Å². The van der Waals surface area contributed by atoms with Gasteiger partial charge in [0.25, 0.3) is 0 Å². The maximum atomic E-state index is 12.2. The van der Waals surface area contributed by atoms with Crippen molar-refractivity contribution in [2.24, 2.45) is 5.73 Å². The van der Waals surface area contributed by atoms with Gasteiger partial charge in [0.15, 0.2) is 5.78 Å². The molecule has 0 spiro atoms. The summed E-state index contributed by atoms with van der Waals surface area (Å²) >= 11 is 0. The number of rotatable bonds is 6. The van der Waals surface area contributed by atoms with Crippen molar-refractivity contribution in [2.75, 3.05) is 7.11 Å². The molecule has 0 bridgehead atoms. The minimum Gasteiger partial charge on any atom is -0.496 e. The molecule has 3 heteroatoms. The highest BCUT2D eigenvalue weighted by Gasteiger charge is 2.17. The van der Waals surface area contributed by atoms with Crippen molar-refractivity contribution in [3.8, 4) is 5.75 Å². The van der Waals surface area contributed by atoms with Crippen LogP contribution in [0.3, 0.4) is 0 Å². The number of methoxy groups -OCH3 is 1. The quantitative estimate of drug-likeness (QED) is 0.788. The zero-order valence-electron chi connectivity index (χ0n) is 11.7. The predicted octanol–water partition coefficient (Wildman–Crippen LogP) is 3.01. The first kappa shape index (κ1) is 14.7. The summed E-state index contributed by atoms with van der Waals surface area (Å²) < 4.78 is 5.36. The number of ketones is 1. The topological polar surface area (TPSA) is 52.3 Å². The lowest BCUT2D eigenvalue weighted by molar-refractivity contribution is 0.0970. The van der Waals surface area contributed by atoms with E-state index in [1.54, 1.807) is 7.11 Å². The van der Waals surface area contributed by atoms with Crippen LogP contribution in [0.25, 0.3) is 0 Å². The molecule has 0 saturated carbocycles. The Kier molecular flexibility index (Phi) is 5.35. The van der Waals surface area contributed by atoms with E-state index in [2.05, 4.69) is 6.92 Å². The van der Waals surface area contributed by atoms with Crippen LogP contribution in [0, 0.1) is 13.8 Å². The maximum Gasteiger partial charge on any atom is 0.168 e. The van der Waals surface area contributed by atoms with Crippen LogP contribution in [0.1, 0.15) is 47.7 Å². The van der Waals surface area contributed by atoms with Crippen molar-refractivity contribution in [1.29, 1.82) is 0 Å². The van der Waals surface area contributed by atoms with E-state index in [1.165, 1.54) is 0 Å². The Labute approximate surface area is 109 Å². The zero-order chi connectivity index (χ0) is 13.7. The largest absolute Gasteiger partial charge is 0.496 e. The van der Waals surface area contributed by atoms with Crippen molar-refractivity contribution in [3.63, 3.8) is 0 Å². The number of carbonyl (C=O) groups excluding carboxylic acids is 1. The van der Waals surface area contributed by atoms with E-state index in [9.17, 15) is 4.79 Å². The van der Waals surface area contributed by atoms with E-state index in [0.29, 0.717) is 17.7 Å². The fourth-order valence-electron chi connectivity index (χ4n) is 2.09. The zero-order valence-corrected chi connectivity index (χ0v) is 11.7. The Morgan fingerprint density at radius 3 is 2.61 bits per heavy atom. The van der Waals surface area contributed by atoms with Crippen LogP contribution >= 0.6 is 0 Å². The second-order valence-electron chi connectivity index (χ2n) is 4.76. The average molecular weight is 249 g/mol. The molecule has 100 valence electrons. The standard InChI is InChI=1S/C15H23NO2/c1-5-6-12(16)9-14(17)13-8-7-10(2)11(3)15(13)18-4/h7-8,12H,5-6,9,16H2,1-4H3. The van der Waals surface area contributed by atoms with E-state index < -0.39 is 0 Å². The summed E-state index contributed by atoms with van der Waals surface area (Å²) in [6.07, 6.45) is 2.25. The molecule has 18 heavy (non-hydrogen) atoms. The third-order valence-electron chi connectivity index (χ3n) is 3.29. The van der Waals surface area contributed by atoms with Gasteiger partial charge in [-0.2, -0.15) is 0 Å². The van der Waals surface area contributed by atoms with Gasteiger partial charge >= 0.3 is 0 Å². The SMILES string of the molecule is CCCC(N)CC(=O)c1ccc(C)c(C)c1OC. The minimum atomic E-state index is -0.0613. The van der Waals surface area contributed by atoms with Gasteiger partial charge in [-0.1, -0.05) is 19.4 Å². The molecule has 0 saturated heterocycles. The predicted molar refractivity (Wildman–Crippen MR) is 74.3 cm³/mol. The number of hydrogen-bond acceptors (Lipinski definition) is 3. The number of nitrogens with two attached hydrogens (primary N) is 1. The van der Waals surface area contributed by atoms with Crippen LogP contribution in [0.4, 0.5) is 0 Å². The van der Waals surface area contributed by atoms with Crippen molar-refractivity contribution in [3.05, 3.63) is 28.8 Å². The summed E-state index contributed by atoms with van der Waals surface area (Å²) in [5.74, 6) is 0.750. The molecule has 0 aliphatic heterocycles. The Bertz CT molecular complexity index is 427. The van der Waals surface area contributed by atoms with Gasteiger partial charge < -0.3 is 10.5 Å². The Morgan fingerprint density at radius 1 is 1.39 bits per heavy atom. The molecule has 3 nitrogen and oxygen atoms in total. The number of benzene rings is 1. The molecule has 1 rings (SSSR count). The number of hydrogen-bond donors (Lipinski definition) is 1.